The van der Waals surface area contributed by atoms with Crippen LogP contribution >= 0.6 is 28.1 Å². The molecule has 7 nitrogen and oxygen atoms in total. The van der Waals surface area contributed by atoms with Crippen molar-refractivity contribution in [3.8, 4) is 11.5 Å². The number of aryl methyl sites for hydroxylation is 2. The van der Waals surface area contributed by atoms with E-state index in [0.717, 1.165) is 21.2 Å². The van der Waals surface area contributed by atoms with E-state index in [2.05, 4.69) is 45.9 Å². The topological polar surface area (TPSA) is 88.7 Å². The van der Waals surface area contributed by atoms with Gasteiger partial charge in [-0.2, -0.15) is 0 Å². The molecule has 0 atom stereocenters. The molecule has 0 unspecified atom stereocenters. The summed E-state index contributed by atoms with van der Waals surface area (Å²) < 4.78 is 11.9. The number of hydrogen-bond acceptors (Lipinski definition) is 5. The molecule has 9 heteroatoms. The molecular weight excluding hydrogens is 482 g/mol. The van der Waals surface area contributed by atoms with Gasteiger partial charge in [-0.15, -0.1) is 0 Å². The van der Waals surface area contributed by atoms with Crippen LogP contribution in [0.5, 0.6) is 11.5 Å². The number of hydrogen-bond donors (Lipinski definition) is 3. The van der Waals surface area contributed by atoms with Crippen LogP contribution in [0.25, 0.3) is 0 Å². The minimum absolute atomic E-state index is 0.0525. The molecule has 0 aromatic heterocycles. The predicted molar refractivity (Wildman–Crippen MR) is 127 cm³/mol. The zero-order valence-corrected chi connectivity index (χ0v) is 20.3. The Labute approximate surface area is 196 Å². The van der Waals surface area contributed by atoms with E-state index in [1.165, 1.54) is 0 Å². The summed E-state index contributed by atoms with van der Waals surface area (Å²) in [5, 5.41) is 2.37. The molecule has 2 rings (SSSR count). The maximum Gasteiger partial charge on any atom is 0.276 e. The fourth-order valence-electron chi connectivity index (χ4n) is 2.61. The zero-order valence-electron chi connectivity index (χ0n) is 17.9. The van der Waals surface area contributed by atoms with E-state index in [9.17, 15) is 9.59 Å². The van der Waals surface area contributed by atoms with Gasteiger partial charge in [-0.25, -0.2) is 0 Å². The van der Waals surface area contributed by atoms with Gasteiger partial charge in [0.1, 0.15) is 11.5 Å². The van der Waals surface area contributed by atoms with E-state index in [1.54, 1.807) is 6.07 Å². The fraction of sp³-hybridized carbons (Fsp3) is 0.318. The number of hydrazine groups is 1. The average Bonchev–Trinajstić information content (AvgIpc) is 2.69. The molecule has 0 spiro atoms. The van der Waals surface area contributed by atoms with Gasteiger partial charge in [0.2, 0.25) is 0 Å². The van der Waals surface area contributed by atoms with Crippen LogP contribution in [0.2, 0.25) is 0 Å². The number of benzene rings is 2. The molecule has 0 aliphatic rings. The third-order valence-corrected chi connectivity index (χ3v) is 4.99. The molecular formula is C22H26BrN3O4S. The molecule has 166 valence electrons. The summed E-state index contributed by atoms with van der Waals surface area (Å²) in [6.07, 6.45) is 0. The van der Waals surface area contributed by atoms with E-state index >= 15 is 0 Å². The molecule has 0 radical (unpaired) electrons. The highest BCUT2D eigenvalue weighted by molar-refractivity contribution is 9.10. The Morgan fingerprint density at radius 1 is 0.935 bits per heavy atom. The highest BCUT2D eigenvalue weighted by atomic mass is 79.9. The molecule has 2 aromatic rings. The van der Waals surface area contributed by atoms with Gasteiger partial charge in [0.05, 0.1) is 4.47 Å². The van der Waals surface area contributed by atoms with Gasteiger partial charge in [0, 0.05) is 0 Å². The first-order valence-electron chi connectivity index (χ1n) is 9.66. The molecule has 2 aromatic carbocycles. The van der Waals surface area contributed by atoms with Crippen LogP contribution in [0.15, 0.2) is 40.9 Å². The van der Waals surface area contributed by atoms with Gasteiger partial charge in [-0.1, -0.05) is 32.0 Å². The summed E-state index contributed by atoms with van der Waals surface area (Å²) in [7, 11) is 0. The SMILES string of the molecule is Cc1ccc(OCC(=O)NC(=S)NNC(=O)COc2cc(C)ccc2C(C)C)c(Br)c1. The molecule has 2 amide bonds. The standard InChI is InChI=1S/C22H26BrN3O4S/c1-13(2)16-7-5-15(4)10-19(16)30-12-21(28)25-26-22(31)24-20(27)11-29-18-8-6-14(3)9-17(18)23/h5-10,13H,11-12H2,1-4H3,(H,25,28)(H2,24,26,27,31). The smallest absolute Gasteiger partial charge is 0.276 e. The first-order chi connectivity index (χ1) is 14.7. The van der Waals surface area contributed by atoms with Gasteiger partial charge < -0.3 is 9.47 Å². The van der Waals surface area contributed by atoms with E-state index in [-0.39, 0.29) is 24.2 Å². The number of nitrogens with one attached hydrogen (secondary N) is 3. The maximum absolute atomic E-state index is 12.0. The van der Waals surface area contributed by atoms with Gasteiger partial charge in [-0.05, 0) is 82.8 Å². The summed E-state index contributed by atoms with van der Waals surface area (Å²) in [4.78, 5) is 24.0. The fourth-order valence-corrected chi connectivity index (χ4v) is 3.38. The first-order valence-corrected chi connectivity index (χ1v) is 10.9. The Morgan fingerprint density at radius 3 is 2.23 bits per heavy atom. The summed E-state index contributed by atoms with van der Waals surface area (Å²) in [6.45, 7) is 7.60. The molecule has 3 N–H and O–H groups in total. The van der Waals surface area contributed by atoms with Crippen LogP contribution in [-0.2, 0) is 9.59 Å². The molecule has 0 saturated carbocycles. The van der Waals surface area contributed by atoms with Crippen molar-refractivity contribution in [1.29, 1.82) is 0 Å². The third-order valence-electron chi connectivity index (χ3n) is 4.16. The van der Waals surface area contributed by atoms with Crippen LogP contribution in [0.4, 0.5) is 0 Å². The number of amides is 2. The largest absolute Gasteiger partial charge is 0.483 e. The highest BCUT2D eigenvalue weighted by Crippen LogP contribution is 2.27. The lowest BCUT2D eigenvalue weighted by Gasteiger charge is -2.15. The minimum atomic E-state index is -0.461. The van der Waals surface area contributed by atoms with Gasteiger partial charge >= 0.3 is 0 Å². The monoisotopic (exact) mass is 507 g/mol. The molecule has 0 bridgehead atoms. The first kappa shape index (κ1) is 24.6. The summed E-state index contributed by atoms with van der Waals surface area (Å²) in [5.41, 5.74) is 7.99. The molecule has 0 aliphatic carbocycles. The summed E-state index contributed by atoms with van der Waals surface area (Å²) in [6, 6.07) is 11.4. The van der Waals surface area contributed by atoms with Crippen LogP contribution in [0.3, 0.4) is 0 Å². The third kappa shape index (κ3) is 8.18. The van der Waals surface area contributed by atoms with Crippen LogP contribution in [0, 0.1) is 13.8 Å². The van der Waals surface area contributed by atoms with Crippen molar-refractivity contribution in [2.24, 2.45) is 0 Å². The van der Waals surface area contributed by atoms with Gasteiger partial charge in [0.15, 0.2) is 18.3 Å². The van der Waals surface area contributed by atoms with Crippen molar-refractivity contribution >= 4 is 45.1 Å². The summed E-state index contributed by atoms with van der Waals surface area (Å²) in [5.74, 6) is 0.578. The molecule has 31 heavy (non-hydrogen) atoms. The number of halogens is 1. The Morgan fingerprint density at radius 2 is 1.55 bits per heavy atom. The highest BCUT2D eigenvalue weighted by Gasteiger charge is 2.12. The van der Waals surface area contributed by atoms with Crippen LogP contribution in [0.1, 0.15) is 36.5 Å². The lowest BCUT2D eigenvalue weighted by molar-refractivity contribution is -0.124. The number of ether oxygens (including phenoxy) is 2. The molecule has 0 aliphatic heterocycles. The van der Waals surface area contributed by atoms with E-state index in [4.69, 9.17) is 21.7 Å². The predicted octanol–water partition coefficient (Wildman–Crippen LogP) is 3.67. The van der Waals surface area contributed by atoms with Crippen molar-refractivity contribution in [3.05, 3.63) is 57.6 Å². The number of carbonyl (C=O) groups is 2. The van der Waals surface area contributed by atoms with Crippen molar-refractivity contribution in [3.63, 3.8) is 0 Å². The van der Waals surface area contributed by atoms with Crippen molar-refractivity contribution in [1.82, 2.24) is 16.2 Å². The molecule has 0 heterocycles. The Hall–Kier alpha value is -2.65. The van der Waals surface area contributed by atoms with Crippen molar-refractivity contribution < 1.29 is 19.1 Å². The van der Waals surface area contributed by atoms with E-state index in [1.807, 2.05) is 44.2 Å². The number of carbonyl (C=O) groups excluding carboxylic acids is 2. The second-order valence-electron chi connectivity index (χ2n) is 7.26. The Bertz CT molecular complexity index is 966. The lowest BCUT2D eigenvalue weighted by Crippen LogP contribution is -2.50. The molecule has 0 fully saturated rings. The van der Waals surface area contributed by atoms with Gasteiger partial charge in [0.25, 0.3) is 11.8 Å². The van der Waals surface area contributed by atoms with Crippen LogP contribution < -0.4 is 25.6 Å². The maximum atomic E-state index is 12.0. The van der Waals surface area contributed by atoms with Crippen molar-refractivity contribution in [2.45, 2.75) is 33.6 Å². The lowest BCUT2D eigenvalue weighted by atomic mass is 10.0. The average molecular weight is 508 g/mol. The second-order valence-corrected chi connectivity index (χ2v) is 8.52. The Balaban J connectivity index is 1.74. The molecule has 0 saturated heterocycles. The van der Waals surface area contributed by atoms with E-state index in [0.29, 0.717) is 11.5 Å². The number of rotatable bonds is 7. The Kier molecular flexibility index (Phi) is 9.26. The zero-order chi connectivity index (χ0) is 23.0. The second kappa shape index (κ2) is 11.7. The van der Waals surface area contributed by atoms with Gasteiger partial charge in [-0.3, -0.25) is 25.8 Å². The minimum Gasteiger partial charge on any atom is -0.483 e. The quantitative estimate of drug-likeness (QED) is 0.391. The summed E-state index contributed by atoms with van der Waals surface area (Å²) >= 11 is 8.39. The number of thiocarbonyl (C=S) groups is 1. The van der Waals surface area contributed by atoms with E-state index < -0.39 is 11.8 Å². The normalized spacial score (nSPS) is 10.4. The van der Waals surface area contributed by atoms with Crippen molar-refractivity contribution in [2.75, 3.05) is 13.2 Å². The van der Waals surface area contributed by atoms with Crippen LogP contribution in [-0.4, -0.2) is 30.1 Å².